The van der Waals surface area contributed by atoms with E-state index in [4.69, 9.17) is 4.42 Å². The lowest BCUT2D eigenvalue weighted by Gasteiger charge is -2.07. The predicted octanol–water partition coefficient (Wildman–Crippen LogP) is 10.2. The molecule has 180 valence electrons. The van der Waals surface area contributed by atoms with E-state index in [9.17, 15) is 0 Å². The van der Waals surface area contributed by atoms with Crippen molar-refractivity contribution in [1.29, 1.82) is 0 Å². The van der Waals surface area contributed by atoms with E-state index in [1.807, 2.05) is 0 Å². The predicted molar refractivity (Wildman–Crippen MR) is 159 cm³/mol. The average Bonchev–Trinajstić information content (AvgIpc) is 3.37. The number of hydrogen-bond acceptors (Lipinski definition) is 1. The van der Waals surface area contributed by atoms with Crippen LogP contribution >= 0.6 is 0 Å². The van der Waals surface area contributed by atoms with Crippen molar-refractivity contribution < 1.29 is 4.42 Å². The fourth-order valence-corrected chi connectivity index (χ4v) is 5.38. The van der Waals surface area contributed by atoms with Gasteiger partial charge in [0.15, 0.2) is 0 Å². The molecule has 1 heterocycles. The normalized spacial score (nSPS) is 11.3. The van der Waals surface area contributed by atoms with Crippen LogP contribution in [0.2, 0.25) is 0 Å². The summed E-state index contributed by atoms with van der Waals surface area (Å²) in [6, 6.07) is 51.7. The summed E-state index contributed by atoms with van der Waals surface area (Å²) in [5, 5.41) is 2.38. The molecule has 0 bridgehead atoms. The first-order valence-corrected chi connectivity index (χ1v) is 13.1. The van der Waals surface area contributed by atoms with Gasteiger partial charge in [-0.2, -0.15) is 0 Å². The minimum atomic E-state index is 0.884. The van der Waals surface area contributed by atoms with Gasteiger partial charge in [0.25, 0.3) is 0 Å². The highest BCUT2D eigenvalue weighted by Gasteiger charge is 2.13. The topological polar surface area (TPSA) is 13.1 Å². The highest BCUT2D eigenvalue weighted by Crippen LogP contribution is 2.36. The molecule has 0 aliphatic heterocycles. The molecule has 7 aromatic rings. The second-order valence-electron chi connectivity index (χ2n) is 9.79. The molecule has 6 aromatic carbocycles. The lowest BCUT2D eigenvalue weighted by Crippen LogP contribution is -1.88. The molecule has 0 radical (unpaired) electrons. The van der Waals surface area contributed by atoms with Crippen LogP contribution in [0, 0.1) is 0 Å². The van der Waals surface area contributed by atoms with Crippen molar-refractivity contribution in [3.63, 3.8) is 0 Å². The maximum Gasteiger partial charge on any atom is 0.135 e. The maximum atomic E-state index is 6.24. The summed E-state index contributed by atoms with van der Waals surface area (Å²) in [5.41, 5.74) is 11.8. The lowest BCUT2D eigenvalue weighted by atomic mass is 9.96. The summed E-state index contributed by atoms with van der Waals surface area (Å²) in [6.07, 6.45) is 0.884. The Balaban J connectivity index is 1.21. The largest absolute Gasteiger partial charge is 0.456 e. The molecule has 0 unspecified atom stereocenters. The molecule has 0 aliphatic rings. The van der Waals surface area contributed by atoms with E-state index in [1.165, 1.54) is 55.3 Å². The molecular weight excluding hydrogens is 460 g/mol. The highest BCUT2D eigenvalue weighted by molar-refractivity contribution is 6.08. The van der Waals surface area contributed by atoms with E-state index in [0.717, 1.165) is 17.6 Å². The van der Waals surface area contributed by atoms with Crippen LogP contribution in [-0.2, 0) is 6.42 Å². The fraction of sp³-hybridized carbons (Fsp3) is 0.0270. The molecule has 0 saturated heterocycles. The Morgan fingerprint density at radius 2 is 0.921 bits per heavy atom. The van der Waals surface area contributed by atoms with Gasteiger partial charge in [-0.15, -0.1) is 0 Å². The molecule has 0 atom stereocenters. The minimum Gasteiger partial charge on any atom is -0.456 e. The zero-order chi connectivity index (χ0) is 25.3. The van der Waals surface area contributed by atoms with Crippen molar-refractivity contribution in [3.8, 4) is 33.4 Å². The fourth-order valence-electron chi connectivity index (χ4n) is 5.38. The van der Waals surface area contributed by atoms with Crippen molar-refractivity contribution in [3.05, 3.63) is 157 Å². The van der Waals surface area contributed by atoms with Crippen LogP contribution in [-0.4, -0.2) is 0 Å². The van der Waals surface area contributed by atoms with Gasteiger partial charge in [-0.25, -0.2) is 0 Å². The highest BCUT2D eigenvalue weighted by atomic mass is 16.3. The number of fused-ring (bicyclic) bond motifs is 3. The molecular formula is C37H26O. The number of furan rings is 1. The van der Waals surface area contributed by atoms with Crippen LogP contribution in [0.3, 0.4) is 0 Å². The third-order valence-electron chi connectivity index (χ3n) is 7.36. The van der Waals surface area contributed by atoms with Gasteiger partial charge in [0.1, 0.15) is 11.2 Å². The lowest BCUT2D eigenvalue weighted by molar-refractivity contribution is 0.669. The third-order valence-corrected chi connectivity index (χ3v) is 7.36. The van der Waals surface area contributed by atoms with Gasteiger partial charge in [-0.3, -0.25) is 0 Å². The van der Waals surface area contributed by atoms with Crippen LogP contribution in [0.5, 0.6) is 0 Å². The molecule has 7 rings (SSSR count). The van der Waals surface area contributed by atoms with Crippen molar-refractivity contribution in [2.75, 3.05) is 0 Å². The number of hydrogen-bond donors (Lipinski definition) is 0. The molecule has 0 amide bonds. The Kier molecular flexibility index (Phi) is 5.60. The van der Waals surface area contributed by atoms with Gasteiger partial charge < -0.3 is 4.42 Å². The van der Waals surface area contributed by atoms with Crippen molar-refractivity contribution in [1.82, 2.24) is 0 Å². The Labute approximate surface area is 222 Å². The summed E-state index contributed by atoms with van der Waals surface area (Å²) >= 11 is 0. The standard InChI is InChI=1S/C37H26O/c1-3-8-26(9-4-1)24-33-12-7-13-36-37(33)34-25-32(22-23-35(34)38-36)31-20-18-30(19-21-31)29-16-14-28(15-17-29)27-10-5-2-6-11-27/h1-23,25H,24H2. The van der Waals surface area contributed by atoms with Crippen LogP contribution < -0.4 is 0 Å². The Hall–Kier alpha value is -4.88. The Bertz CT molecular complexity index is 1840. The van der Waals surface area contributed by atoms with Crippen molar-refractivity contribution in [2.24, 2.45) is 0 Å². The molecule has 0 N–H and O–H groups in total. The molecule has 0 aliphatic carbocycles. The Morgan fingerprint density at radius 3 is 1.55 bits per heavy atom. The summed E-state index contributed by atoms with van der Waals surface area (Å²) in [5.74, 6) is 0. The van der Waals surface area contributed by atoms with Gasteiger partial charge in [0, 0.05) is 10.8 Å². The first-order valence-electron chi connectivity index (χ1n) is 13.1. The molecule has 1 heteroatoms. The van der Waals surface area contributed by atoms with Crippen molar-refractivity contribution in [2.45, 2.75) is 6.42 Å². The van der Waals surface area contributed by atoms with E-state index in [2.05, 4.69) is 146 Å². The first kappa shape index (κ1) is 22.3. The summed E-state index contributed by atoms with van der Waals surface area (Å²) in [7, 11) is 0. The zero-order valence-electron chi connectivity index (χ0n) is 21.0. The minimum absolute atomic E-state index is 0.884. The van der Waals surface area contributed by atoms with Crippen LogP contribution in [0.1, 0.15) is 11.1 Å². The Morgan fingerprint density at radius 1 is 0.395 bits per heavy atom. The summed E-state index contributed by atoms with van der Waals surface area (Å²) in [6.45, 7) is 0. The smallest absolute Gasteiger partial charge is 0.135 e. The second kappa shape index (κ2) is 9.53. The van der Waals surface area contributed by atoms with E-state index in [0.29, 0.717) is 0 Å². The zero-order valence-corrected chi connectivity index (χ0v) is 21.0. The van der Waals surface area contributed by atoms with Crippen LogP contribution in [0.4, 0.5) is 0 Å². The van der Waals surface area contributed by atoms with E-state index in [1.54, 1.807) is 0 Å². The molecule has 0 saturated carbocycles. The SMILES string of the molecule is c1ccc(Cc2cccc3oc4ccc(-c5ccc(-c6ccc(-c7ccccc7)cc6)cc5)cc4c23)cc1. The molecule has 1 aromatic heterocycles. The van der Waals surface area contributed by atoms with E-state index < -0.39 is 0 Å². The molecule has 0 fully saturated rings. The monoisotopic (exact) mass is 486 g/mol. The van der Waals surface area contributed by atoms with Crippen LogP contribution in [0.15, 0.2) is 150 Å². The van der Waals surface area contributed by atoms with Gasteiger partial charge in [-0.05, 0) is 69.1 Å². The van der Waals surface area contributed by atoms with E-state index in [-0.39, 0.29) is 0 Å². The quantitative estimate of drug-likeness (QED) is 0.236. The van der Waals surface area contributed by atoms with Gasteiger partial charge in [-0.1, -0.05) is 127 Å². The second-order valence-corrected chi connectivity index (χ2v) is 9.79. The molecule has 38 heavy (non-hydrogen) atoms. The molecule has 1 nitrogen and oxygen atoms in total. The summed E-state index contributed by atoms with van der Waals surface area (Å²) < 4.78 is 6.24. The average molecular weight is 487 g/mol. The van der Waals surface area contributed by atoms with Crippen LogP contribution in [0.25, 0.3) is 55.3 Å². The van der Waals surface area contributed by atoms with Crippen molar-refractivity contribution >= 4 is 21.9 Å². The van der Waals surface area contributed by atoms with Gasteiger partial charge in [0.05, 0.1) is 0 Å². The third kappa shape index (κ3) is 4.19. The number of benzene rings is 6. The van der Waals surface area contributed by atoms with Gasteiger partial charge >= 0.3 is 0 Å². The number of rotatable bonds is 5. The molecule has 0 spiro atoms. The van der Waals surface area contributed by atoms with Gasteiger partial charge in [0.2, 0.25) is 0 Å². The van der Waals surface area contributed by atoms with E-state index >= 15 is 0 Å². The first-order chi connectivity index (χ1) is 18.8. The maximum absolute atomic E-state index is 6.24. The summed E-state index contributed by atoms with van der Waals surface area (Å²) in [4.78, 5) is 0.